The van der Waals surface area contributed by atoms with E-state index in [1.807, 2.05) is 6.07 Å². The SMILES string of the molecule is CC(C)(O)COc1ccc2sc(NC(=O)Cc3ccc(Oc4ncccc4C(N)=O)c(Cl)c3)nc2c1. The molecule has 0 saturated carbocycles. The summed E-state index contributed by atoms with van der Waals surface area (Å²) in [4.78, 5) is 32.7. The smallest absolute Gasteiger partial charge is 0.254 e. The van der Waals surface area contributed by atoms with Gasteiger partial charge in [-0.2, -0.15) is 0 Å². The van der Waals surface area contributed by atoms with Crippen LogP contribution in [0.5, 0.6) is 17.4 Å². The van der Waals surface area contributed by atoms with E-state index in [1.165, 1.54) is 23.6 Å². The maximum absolute atomic E-state index is 12.6. The minimum atomic E-state index is -0.950. The zero-order valence-electron chi connectivity index (χ0n) is 19.4. The maximum Gasteiger partial charge on any atom is 0.254 e. The largest absolute Gasteiger partial charge is 0.491 e. The lowest BCUT2D eigenvalue weighted by Gasteiger charge is -2.17. The van der Waals surface area contributed by atoms with Crippen molar-refractivity contribution in [2.45, 2.75) is 25.9 Å². The number of carbonyl (C=O) groups is 2. The molecule has 0 aliphatic heterocycles. The molecule has 0 aliphatic rings. The minimum Gasteiger partial charge on any atom is -0.491 e. The molecule has 4 N–H and O–H groups in total. The van der Waals surface area contributed by atoms with Gasteiger partial charge in [-0.1, -0.05) is 29.0 Å². The molecule has 2 heterocycles. The number of hydrogen-bond acceptors (Lipinski definition) is 8. The van der Waals surface area contributed by atoms with Crippen molar-refractivity contribution >= 4 is 50.1 Å². The molecule has 2 aromatic heterocycles. The van der Waals surface area contributed by atoms with Gasteiger partial charge in [0, 0.05) is 12.3 Å². The van der Waals surface area contributed by atoms with Crippen LogP contribution >= 0.6 is 22.9 Å². The Hall–Kier alpha value is -3.73. The molecule has 0 spiro atoms. The number of benzene rings is 2. The van der Waals surface area contributed by atoms with E-state index in [-0.39, 0.29) is 41.2 Å². The Balaban J connectivity index is 1.40. The summed E-state index contributed by atoms with van der Waals surface area (Å²) in [5.41, 5.74) is 5.87. The van der Waals surface area contributed by atoms with Crippen molar-refractivity contribution in [2.75, 3.05) is 11.9 Å². The van der Waals surface area contributed by atoms with Crippen LogP contribution in [0, 0.1) is 0 Å². The number of nitrogens with zero attached hydrogens (tertiary/aromatic N) is 2. The first-order chi connectivity index (χ1) is 17.1. The third-order valence-electron chi connectivity index (χ3n) is 4.80. The van der Waals surface area contributed by atoms with E-state index >= 15 is 0 Å². The number of nitrogens with one attached hydrogen (secondary N) is 1. The Morgan fingerprint density at radius 3 is 2.72 bits per heavy atom. The highest BCUT2D eigenvalue weighted by molar-refractivity contribution is 7.22. The standard InChI is InChI=1S/C25H23ClN4O5S/c1-25(2,33)13-34-15-6-8-20-18(12-15)29-24(36-20)30-21(31)11-14-5-7-19(17(26)10-14)35-23-16(22(27)32)4-3-9-28-23/h3-10,12,33H,11,13H2,1-2H3,(H2,27,32)(H,29,30,31). The highest BCUT2D eigenvalue weighted by Crippen LogP contribution is 2.32. The summed E-state index contributed by atoms with van der Waals surface area (Å²) in [7, 11) is 0. The minimum absolute atomic E-state index is 0.0434. The van der Waals surface area contributed by atoms with Crippen LogP contribution in [-0.2, 0) is 11.2 Å². The first-order valence-corrected chi connectivity index (χ1v) is 12.0. The van der Waals surface area contributed by atoms with Crippen LogP contribution in [0.1, 0.15) is 29.8 Å². The topological polar surface area (TPSA) is 137 Å². The summed E-state index contributed by atoms with van der Waals surface area (Å²) >= 11 is 7.68. The van der Waals surface area contributed by atoms with E-state index in [4.69, 9.17) is 26.8 Å². The first kappa shape index (κ1) is 25.4. The lowest BCUT2D eigenvalue weighted by molar-refractivity contribution is -0.115. The first-order valence-electron chi connectivity index (χ1n) is 10.8. The third-order valence-corrected chi connectivity index (χ3v) is 6.05. The van der Waals surface area contributed by atoms with Gasteiger partial charge in [0.2, 0.25) is 11.8 Å². The number of hydrogen-bond donors (Lipinski definition) is 3. The van der Waals surface area contributed by atoms with Crippen molar-refractivity contribution in [1.29, 1.82) is 0 Å². The second-order valence-corrected chi connectivity index (χ2v) is 10.00. The van der Waals surface area contributed by atoms with E-state index < -0.39 is 11.5 Å². The molecule has 0 aliphatic carbocycles. The fourth-order valence-corrected chi connectivity index (χ4v) is 4.26. The van der Waals surface area contributed by atoms with Gasteiger partial charge in [-0.05, 0) is 55.8 Å². The summed E-state index contributed by atoms with van der Waals surface area (Å²) < 4.78 is 12.1. The Morgan fingerprint density at radius 2 is 2.00 bits per heavy atom. The van der Waals surface area contributed by atoms with Crippen molar-refractivity contribution in [3.05, 3.63) is 70.9 Å². The number of aliphatic hydroxyl groups is 1. The molecule has 0 unspecified atom stereocenters. The molecular weight excluding hydrogens is 504 g/mol. The Bertz CT molecular complexity index is 1430. The molecule has 36 heavy (non-hydrogen) atoms. The van der Waals surface area contributed by atoms with E-state index in [0.717, 1.165) is 4.70 Å². The number of carbonyl (C=O) groups excluding carboxylic acids is 2. The van der Waals surface area contributed by atoms with Crippen molar-refractivity contribution in [1.82, 2.24) is 9.97 Å². The summed E-state index contributed by atoms with van der Waals surface area (Å²) in [6.07, 6.45) is 1.53. The van der Waals surface area contributed by atoms with Gasteiger partial charge in [0.15, 0.2) is 5.13 Å². The maximum atomic E-state index is 12.6. The zero-order valence-corrected chi connectivity index (χ0v) is 21.0. The molecule has 2 aromatic carbocycles. The number of fused-ring (bicyclic) bond motifs is 1. The van der Waals surface area contributed by atoms with Crippen LogP contribution in [0.25, 0.3) is 10.2 Å². The summed E-state index contributed by atoms with van der Waals surface area (Å²) in [5, 5.41) is 13.3. The van der Waals surface area contributed by atoms with Crippen LogP contribution in [-0.4, -0.2) is 39.1 Å². The van der Waals surface area contributed by atoms with E-state index in [1.54, 1.807) is 50.2 Å². The molecule has 9 nitrogen and oxygen atoms in total. The Kier molecular flexibility index (Phi) is 7.39. The third kappa shape index (κ3) is 6.48. The number of thiazole rings is 1. The lowest BCUT2D eigenvalue weighted by atomic mass is 10.1. The van der Waals surface area contributed by atoms with Crippen LogP contribution in [0.4, 0.5) is 5.13 Å². The number of amides is 2. The fraction of sp³-hybridized carbons (Fsp3) is 0.200. The monoisotopic (exact) mass is 526 g/mol. The number of ether oxygens (including phenoxy) is 2. The van der Waals surface area contributed by atoms with E-state index in [9.17, 15) is 14.7 Å². The van der Waals surface area contributed by atoms with E-state index in [2.05, 4.69) is 15.3 Å². The Labute approximate surface area is 215 Å². The quantitative estimate of drug-likeness (QED) is 0.290. The summed E-state index contributed by atoms with van der Waals surface area (Å²) in [6, 6.07) is 13.4. The number of anilines is 1. The van der Waals surface area contributed by atoms with Crippen molar-refractivity contribution in [2.24, 2.45) is 5.73 Å². The number of halogens is 1. The van der Waals surface area contributed by atoms with Gasteiger partial charge < -0.3 is 25.6 Å². The van der Waals surface area contributed by atoms with Gasteiger partial charge in [0.05, 0.1) is 27.3 Å². The number of aromatic nitrogens is 2. The normalized spacial score (nSPS) is 11.3. The molecule has 2 amide bonds. The van der Waals surface area contributed by atoms with Gasteiger partial charge in [0.25, 0.3) is 5.91 Å². The summed E-state index contributed by atoms with van der Waals surface area (Å²) in [5.74, 6) is -0.0377. The average molecular weight is 527 g/mol. The predicted molar refractivity (Wildman–Crippen MR) is 138 cm³/mol. The second kappa shape index (κ2) is 10.5. The van der Waals surface area contributed by atoms with Crippen LogP contribution in [0.15, 0.2) is 54.7 Å². The highest BCUT2D eigenvalue weighted by Gasteiger charge is 2.16. The average Bonchev–Trinajstić information content (AvgIpc) is 3.20. The van der Waals surface area contributed by atoms with Crippen LogP contribution < -0.4 is 20.5 Å². The molecule has 4 aromatic rings. The molecular formula is C25H23ClN4O5S. The van der Waals surface area contributed by atoms with Crippen LogP contribution in [0.3, 0.4) is 0 Å². The Morgan fingerprint density at radius 1 is 1.19 bits per heavy atom. The van der Waals surface area contributed by atoms with Crippen LogP contribution in [0.2, 0.25) is 5.02 Å². The van der Waals surface area contributed by atoms with E-state index in [0.29, 0.717) is 22.0 Å². The number of nitrogens with two attached hydrogens (primary N) is 1. The number of rotatable bonds is 9. The molecule has 0 atom stereocenters. The van der Waals surface area contributed by atoms with Crippen molar-refractivity contribution in [3.63, 3.8) is 0 Å². The van der Waals surface area contributed by atoms with Gasteiger partial charge in [-0.25, -0.2) is 9.97 Å². The zero-order chi connectivity index (χ0) is 25.9. The van der Waals surface area contributed by atoms with Crippen molar-refractivity contribution in [3.8, 4) is 17.4 Å². The molecule has 11 heteroatoms. The molecule has 186 valence electrons. The highest BCUT2D eigenvalue weighted by atomic mass is 35.5. The molecule has 0 radical (unpaired) electrons. The number of pyridine rings is 1. The van der Waals surface area contributed by atoms with Crippen molar-refractivity contribution < 1.29 is 24.2 Å². The number of primary amides is 1. The lowest BCUT2D eigenvalue weighted by Crippen LogP contribution is -2.27. The predicted octanol–water partition coefficient (Wildman–Crippen LogP) is 4.57. The van der Waals surface area contributed by atoms with Gasteiger partial charge in [0.1, 0.15) is 23.7 Å². The molecule has 4 rings (SSSR count). The van der Waals surface area contributed by atoms with Gasteiger partial charge >= 0.3 is 0 Å². The van der Waals surface area contributed by atoms with Gasteiger partial charge in [-0.15, -0.1) is 0 Å². The fourth-order valence-electron chi connectivity index (χ4n) is 3.16. The molecule has 0 bridgehead atoms. The summed E-state index contributed by atoms with van der Waals surface area (Å²) in [6.45, 7) is 3.47. The van der Waals surface area contributed by atoms with Gasteiger partial charge in [-0.3, -0.25) is 9.59 Å². The molecule has 0 saturated heterocycles. The second-order valence-electron chi connectivity index (χ2n) is 8.56. The molecule has 0 fully saturated rings.